The maximum Gasteiger partial charge on any atom is 0.341 e. The van der Waals surface area contributed by atoms with Crippen LogP contribution in [-0.4, -0.2) is 25.4 Å². The minimum atomic E-state index is -1.55. The highest BCUT2D eigenvalue weighted by atomic mass is 19.2. The molecule has 34 heavy (non-hydrogen) atoms. The number of carboxylic acids is 1. The minimum absolute atomic E-state index is 0.0264. The number of rotatable bonds is 2. The first-order chi connectivity index (χ1) is 16.2. The second kappa shape index (κ2) is 6.51. The molecule has 0 amide bonds. The van der Waals surface area contributed by atoms with Gasteiger partial charge >= 0.3 is 5.97 Å². The van der Waals surface area contributed by atoms with Crippen molar-refractivity contribution < 1.29 is 32.4 Å². The molecule has 12 heteroatoms. The van der Waals surface area contributed by atoms with Crippen molar-refractivity contribution in [3.05, 3.63) is 80.1 Å². The second-order valence-electron chi connectivity index (χ2n) is 7.53. The summed E-state index contributed by atoms with van der Waals surface area (Å²) < 4.78 is 41.5. The summed E-state index contributed by atoms with van der Waals surface area (Å²) >= 11 is 0. The number of halogens is 2. The quantitative estimate of drug-likeness (QED) is 0.161. The van der Waals surface area contributed by atoms with Crippen LogP contribution in [0.1, 0.15) is 10.4 Å². The maximum atomic E-state index is 14.6. The number of nitrogens with zero attached hydrogens (tertiary/aromatic N) is 2. The van der Waals surface area contributed by atoms with E-state index in [0.717, 1.165) is 6.20 Å². The van der Waals surface area contributed by atoms with Crippen molar-refractivity contribution in [3.8, 4) is 0 Å². The Hall–Kier alpha value is -5.00. The third kappa shape index (κ3) is 2.59. The van der Waals surface area contributed by atoms with Crippen LogP contribution in [0.25, 0.3) is 49.8 Å². The van der Waals surface area contributed by atoms with Crippen LogP contribution in [0.4, 0.5) is 14.5 Å². The smallest absolute Gasteiger partial charge is 0.341 e. The standard InChI is InChI=1S/C22H9F2N3O7/c23-11-4-9-19-21(18(11)24)34-17-5-13-16(6-14(17)26(19)7-10(20(9)28)22(29)30)33-15-3-8(27(31)32)1-2-12(15)25-13/h1-7,25H,(H,29,30). The van der Waals surface area contributed by atoms with E-state index < -0.39 is 39.1 Å². The fourth-order valence-corrected chi connectivity index (χ4v) is 4.03. The number of aromatic amines is 1. The average molecular weight is 465 g/mol. The molecule has 0 unspecified atom stereocenters. The van der Waals surface area contributed by atoms with Crippen molar-refractivity contribution in [2.45, 2.75) is 0 Å². The van der Waals surface area contributed by atoms with Crippen LogP contribution >= 0.6 is 0 Å². The highest BCUT2D eigenvalue weighted by molar-refractivity contribution is 6.02. The Morgan fingerprint density at radius 3 is 2.56 bits per heavy atom. The molecule has 0 fully saturated rings. The summed E-state index contributed by atoms with van der Waals surface area (Å²) in [6, 6.07) is 7.44. The largest absolute Gasteiger partial charge is 0.477 e. The van der Waals surface area contributed by atoms with Gasteiger partial charge in [0.15, 0.2) is 28.1 Å². The lowest BCUT2D eigenvalue weighted by molar-refractivity contribution is -0.384. The van der Waals surface area contributed by atoms with Crippen molar-refractivity contribution in [1.29, 1.82) is 0 Å². The van der Waals surface area contributed by atoms with Gasteiger partial charge in [-0.05, 0) is 12.1 Å². The van der Waals surface area contributed by atoms with Crippen LogP contribution in [0.5, 0.6) is 0 Å². The molecule has 0 saturated heterocycles. The van der Waals surface area contributed by atoms with E-state index in [1.165, 1.54) is 34.7 Å². The molecule has 0 bridgehead atoms. The molecular weight excluding hydrogens is 456 g/mol. The van der Waals surface area contributed by atoms with Gasteiger partial charge in [0.2, 0.25) is 11.2 Å². The van der Waals surface area contributed by atoms with E-state index in [2.05, 4.69) is 4.98 Å². The lowest BCUT2D eigenvalue weighted by atomic mass is 10.1. The van der Waals surface area contributed by atoms with Gasteiger partial charge in [0.25, 0.3) is 5.69 Å². The van der Waals surface area contributed by atoms with Crippen LogP contribution in [0.3, 0.4) is 0 Å². The fraction of sp³-hybridized carbons (Fsp3) is 0. The van der Waals surface area contributed by atoms with Crippen molar-refractivity contribution >= 4 is 61.4 Å². The van der Waals surface area contributed by atoms with E-state index >= 15 is 0 Å². The van der Waals surface area contributed by atoms with Gasteiger partial charge in [-0.15, -0.1) is 0 Å². The van der Waals surface area contributed by atoms with Gasteiger partial charge < -0.3 is 23.3 Å². The molecule has 168 valence electrons. The molecule has 2 N–H and O–H groups in total. The normalized spacial score (nSPS) is 11.8. The Labute approximate surface area is 184 Å². The summed E-state index contributed by atoms with van der Waals surface area (Å²) in [7, 11) is 0. The number of pyridine rings is 1. The van der Waals surface area contributed by atoms with Crippen molar-refractivity contribution in [1.82, 2.24) is 9.38 Å². The number of carbonyl (C=O) groups is 1. The summed E-state index contributed by atoms with van der Waals surface area (Å²) in [5.74, 6) is -4.26. The summed E-state index contributed by atoms with van der Waals surface area (Å²) in [5, 5.41) is 20.2. The van der Waals surface area contributed by atoms with Gasteiger partial charge in [-0.2, -0.15) is 4.39 Å². The predicted molar refractivity (Wildman–Crippen MR) is 115 cm³/mol. The predicted octanol–water partition coefficient (Wildman–Crippen LogP) is 4.87. The van der Waals surface area contributed by atoms with Crippen LogP contribution in [0.2, 0.25) is 0 Å². The average Bonchev–Trinajstić information content (AvgIpc) is 2.80. The molecule has 3 heterocycles. The van der Waals surface area contributed by atoms with E-state index in [9.17, 15) is 33.6 Å². The molecule has 0 aliphatic rings. The van der Waals surface area contributed by atoms with E-state index in [4.69, 9.17) is 8.83 Å². The molecule has 0 radical (unpaired) electrons. The fourth-order valence-electron chi connectivity index (χ4n) is 4.03. The van der Waals surface area contributed by atoms with Crippen molar-refractivity contribution in [3.63, 3.8) is 0 Å². The zero-order chi connectivity index (χ0) is 23.9. The molecule has 0 atom stereocenters. The highest BCUT2D eigenvalue weighted by Crippen LogP contribution is 2.32. The van der Waals surface area contributed by atoms with Crippen LogP contribution in [0.15, 0.2) is 56.2 Å². The Balaban J connectivity index is 1.82. The van der Waals surface area contributed by atoms with Crippen LogP contribution in [0, 0.1) is 21.7 Å². The van der Waals surface area contributed by atoms with Crippen molar-refractivity contribution in [2.75, 3.05) is 0 Å². The number of nitrogens with one attached hydrogen (secondary N) is 1. The zero-order valence-electron chi connectivity index (χ0n) is 16.6. The van der Waals surface area contributed by atoms with Gasteiger partial charge in [-0.25, -0.2) is 9.18 Å². The van der Waals surface area contributed by atoms with Gasteiger partial charge in [-0.3, -0.25) is 14.9 Å². The Morgan fingerprint density at radius 1 is 1.06 bits per heavy atom. The molecule has 0 spiro atoms. The molecule has 0 aliphatic carbocycles. The Morgan fingerprint density at radius 2 is 1.82 bits per heavy atom. The highest BCUT2D eigenvalue weighted by Gasteiger charge is 2.23. The number of H-pyrrole nitrogens is 1. The Bertz CT molecular complexity index is 1980. The van der Waals surface area contributed by atoms with E-state index in [-0.39, 0.29) is 38.9 Å². The number of aromatic nitrogens is 2. The SMILES string of the molecule is O=C(O)c1cn2c3cc4oc5cc([N+](=O)[O-])ccc5[nH]c4cc3oc3c(F)c(F)cc(c1=O)c32. The van der Waals surface area contributed by atoms with Gasteiger partial charge in [0, 0.05) is 24.4 Å². The minimum Gasteiger partial charge on any atom is -0.477 e. The third-order valence-corrected chi connectivity index (χ3v) is 5.57. The number of hydrogen-bond acceptors (Lipinski definition) is 6. The molecule has 6 rings (SSSR count). The number of benzene rings is 3. The molecule has 10 nitrogen and oxygen atoms in total. The topological polar surface area (TPSA) is 144 Å². The Kier molecular flexibility index (Phi) is 3.77. The monoisotopic (exact) mass is 465 g/mol. The van der Waals surface area contributed by atoms with Gasteiger partial charge in [-0.1, -0.05) is 0 Å². The van der Waals surface area contributed by atoms with Crippen LogP contribution < -0.4 is 5.43 Å². The first-order valence-corrected chi connectivity index (χ1v) is 9.63. The van der Waals surface area contributed by atoms with E-state index in [1.807, 2.05) is 0 Å². The molecular formula is C22H9F2N3O7. The number of hydrogen-bond donors (Lipinski definition) is 2. The summed E-state index contributed by atoms with van der Waals surface area (Å²) in [6.45, 7) is 0. The lowest BCUT2D eigenvalue weighted by Crippen LogP contribution is -2.18. The summed E-state index contributed by atoms with van der Waals surface area (Å²) in [5.41, 5.74) is -1.21. The van der Waals surface area contributed by atoms with Gasteiger partial charge in [0.1, 0.15) is 11.1 Å². The first kappa shape index (κ1) is 19.7. The van der Waals surface area contributed by atoms with E-state index in [1.54, 1.807) is 0 Å². The van der Waals surface area contributed by atoms with Crippen LogP contribution in [-0.2, 0) is 0 Å². The van der Waals surface area contributed by atoms with Gasteiger partial charge in [0.05, 0.1) is 32.9 Å². The number of nitro benzene ring substituents is 1. The number of aromatic carboxylic acids is 1. The van der Waals surface area contributed by atoms with E-state index in [0.29, 0.717) is 17.1 Å². The molecule has 0 aliphatic heterocycles. The maximum absolute atomic E-state index is 14.6. The molecule has 3 aromatic heterocycles. The number of nitro groups is 1. The molecule has 0 saturated carbocycles. The number of carboxylic acid groups (broad SMARTS) is 1. The lowest BCUT2D eigenvalue weighted by Gasteiger charge is -2.13. The summed E-state index contributed by atoms with van der Waals surface area (Å²) in [4.78, 5) is 37.8. The second-order valence-corrected chi connectivity index (χ2v) is 7.53. The zero-order valence-corrected chi connectivity index (χ0v) is 16.6. The molecule has 3 aromatic carbocycles. The first-order valence-electron chi connectivity index (χ1n) is 9.63. The number of fused-ring (bicyclic) bond motifs is 4. The van der Waals surface area contributed by atoms with Crippen molar-refractivity contribution in [2.24, 2.45) is 0 Å². The third-order valence-electron chi connectivity index (χ3n) is 5.57. The summed E-state index contributed by atoms with van der Waals surface area (Å²) in [6.07, 6.45) is 0.997. The number of non-ortho nitro benzene ring substituents is 1. The molecule has 6 aromatic rings.